The number of para-hydroxylation sites is 2. The molecule has 0 saturated heterocycles. The average molecular weight is 348 g/mol. The third-order valence-corrected chi connectivity index (χ3v) is 4.58. The third-order valence-electron chi connectivity index (χ3n) is 4.58. The zero-order valence-electron chi connectivity index (χ0n) is 14.5. The zero-order valence-corrected chi connectivity index (χ0v) is 14.5. The Morgan fingerprint density at radius 3 is 1.85 bits per heavy atom. The second-order valence-corrected chi connectivity index (χ2v) is 6.30. The van der Waals surface area contributed by atoms with E-state index < -0.39 is 0 Å². The highest BCUT2D eigenvalue weighted by Crippen LogP contribution is 2.28. The molecule has 128 valence electrons. The molecule has 0 aliphatic rings. The van der Waals surface area contributed by atoms with Gasteiger partial charge in [-0.25, -0.2) is 14.6 Å². The van der Waals surface area contributed by atoms with Crippen molar-refractivity contribution in [1.82, 2.24) is 14.6 Å². The molecule has 0 radical (unpaired) electrons. The molecule has 0 spiro atoms. The van der Waals surface area contributed by atoms with Crippen LogP contribution in [-0.2, 0) is 0 Å². The normalized spacial score (nSPS) is 11.6. The molecule has 0 N–H and O–H groups in total. The Balaban J connectivity index is 1.54. The highest BCUT2D eigenvalue weighted by Gasteiger charge is 2.08. The summed E-state index contributed by atoms with van der Waals surface area (Å²) < 4.78 is 1.97. The number of nitrogens with zero attached hydrogens (tertiary/aromatic N) is 4. The van der Waals surface area contributed by atoms with Crippen LogP contribution < -0.4 is 0 Å². The molecule has 0 aliphatic heterocycles. The first-order valence-corrected chi connectivity index (χ1v) is 8.80. The van der Waals surface area contributed by atoms with E-state index in [2.05, 4.69) is 46.4 Å². The lowest BCUT2D eigenvalue weighted by atomic mass is 10.2. The summed E-state index contributed by atoms with van der Waals surface area (Å²) in [5, 5.41) is 7.10. The van der Waals surface area contributed by atoms with Gasteiger partial charge < -0.3 is 0 Å². The number of hydrogen-bond acceptors (Lipinski definition) is 3. The van der Waals surface area contributed by atoms with Gasteiger partial charge in [0.05, 0.1) is 17.2 Å². The van der Waals surface area contributed by atoms with Crippen LogP contribution in [0.25, 0.3) is 33.2 Å². The lowest BCUT2D eigenvalue weighted by Crippen LogP contribution is -1.94. The first kappa shape index (κ1) is 15.5. The Morgan fingerprint density at radius 1 is 0.667 bits per heavy atom. The van der Waals surface area contributed by atoms with Crippen LogP contribution in [0.3, 0.4) is 0 Å². The van der Waals surface area contributed by atoms with Crippen LogP contribution >= 0.6 is 0 Å². The van der Waals surface area contributed by atoms with E-state index in [1.807, 2.05) is 47.1 Å². The summed E-state index contributed by atoms with van der Waals surface area (Å²) in [5.74, 6) is 0.713. The molecule has 0 bridgehead atoms. The fourth-order valence-corrected chi connectivity index (χ4v) is 3.29. The molecule has 0 atom stereocenters. The van der Waals surface area contributed by atoms with Crippen molar-refractivity contribution in [3.8, 4) is 11.4 Å². The van der Waals surface area contributed by atoms with Crippen molar-refractivity contribution < 1.29 is 0 Å². The van der Waals surface area contributed by atoms with Crippen LogP contribution in [0.5, 0.6) is 0 Å². The minimum atomic E-state index is 0.713. The van der Waals surface area contributed by atoms with Crippen molar-refractivity contribution in [3.63, 3.8) is 0 Å². The molecule has 4 nitrogen and oxygen atoms in total. The van der Waals surface area contributed by atoms with Gasteiger partial charge in [0.25, 0.3) is 0 Å². The van der Waals surface area contributed by atoms with Gasteiger partial charge in [0.2, 0.25) is 0 Å². The van der Waals surface area contributed by atoms with Gasteiger partial charge in [-0.2, -0.15) is 5.10 Å². The van der Waals surface area contributed by atoms with E-state index in [9.17, 15) is 0 Å². The SMILES string of the molecule is C(=Nn1c2ccccc2c2ccccc21)c1cnc(-c2ccccc2)nc1. The lowest BCUT2D eigenvalue weighted by Gasteiger charge is -2.01. The predicted octanol–water partition coefficient (Wildman–Crippen LogP) is 5.13. The maximum Gasteiger partial charge on any atom is 0.159 e. The van der Waals surface area contributed by atoms with E-state index in [1.165, 1.54) is 10.8 Å². The van der Waals surface area contributed by atoms with Crippen molar-refractivity contribution in [2.24, 2.45) is 5.10 Å². The fourth-order valence-electron chi connectivity index (χ4n) is 3.29. The summed E-state index contributed by atoms with van der Waals surface area (Å²) in [6.45, 7) is 0. The summed E-state index contributed by atoms with van der Waals surface area (Å²) in [6, 6.07) is 26.5. The van der Waals surface area contributed by atoms with Crippen LogP contribution in [0, 0.1) is 0 Å². The molecule has 0 fully saturated rings. The molecule has 0 aliphatic carbocycles. The van der Waals surface area contributed by atoms with E-state index >= 15 is 0 Å². The van der Waals surface area contributed by atoms with Crippen LogP contribution in [-0.4, -0.2) is 20.9 Å². The molecule has 5 aromatic rings. The molecular weight excluding hydrogens is 332 g/mol. The van der Waals surface area contributed by atoms with Gasteiger partial charge in [-0.3, -0.25) is 0 Å². The number of fused-ring (bicyclic) bond motifs is 3. The lowest BCUT2D eigenvalue weighted by molar-refractivity contribution is 0.974. The van der Waals surface area contributed by atoms with Crippen molar-refractivity contribution in [2.45, 2.75) is 0 Å². The monoisotopic (exact) mass is 348 g/mol. The predicted molar refractivity (Wildman–Crippen MR) is 110 cm³/mol. The van der Waals surface area contributed by atoms with E-state index in [-0.39, 0.29) is 0 Å². The van der Waals surface area contributed by atoms with Crippen molar-refractivity contribution in [2.75, 3.05) is 0 Å². The molecule has 2 heterocycles. The van der Waals surface area contributed by atoms with Crippen molar-refractivity contribution >= 4 is 28.0 Å². The Labute approximate surface area is 156 Å². The minimum absolute atomic E-state index is 0.713. The van der Waals surface area contributed by atoms with E-state index in [0.717, 1.165) is 22.2 Å². The summed E-state index contributed by atoms with van der Waals surface area (Å²) >= 11 is 0. The summed E-state index contributed by atoms with van der Waals surface area (Å²) in [6.07, 6.45) is 5.40. The van der Waals surface area contributed by atoms with Gasteiger partial charge in [0.1, 0.15) is 0 Å². The summed E-state index contributed by atoms with van der Waals surface area (Å²) in [4.78, 5) is 8.92. The van der Waals surface area contributed by atoms with Gasteiger partial charge in [0.15, 0.2) is 5.82 Å². The van der Waals surface area contributed by atoms with Gasteiger partial charge >= 0.3 is 0 Å². The van der Waals surface area contributed by atoms with E-state index in [1.54, 1.807) is 18.6 Å². The average Bonchev–Trinajstić information content (AvgIpc) is 3.07. The summed E-state index contributed by atoms with van der Waals surface area (Å²) in [5.41, 5.74) is 4.02. The molecule has 5 rings (SSSR count). The molecule has 3 aromatic carbocycles. The van der Waals surface area contributed by atoms with E-state index in [0.29, 0.717) is 5.82 Å². The molecule has 27 heavy (non-hydrogen) atoms. The minimum Gasteiger partial charge on any atom is -0.236 e. The highest BCUT2D eigenvalue weighted by atomic mass is 15.3. The Morgan fingerprint density at radius 2 is 1.22 bits per heavy atom. The molecule has 0 amide bonds. The number of benzene rings is 3. The van der Waals surface area contributed by atoms with Crippen molar-refractivity contribution in [1.29, 1.82) is 0 Å². The Hall–Kier alpha value is -3.79. The van der Waals surface area contributed by atoms with Crippen LogP contribution in [0.4, 0.5) is 0 Å². The highest BCUT2D eigenvalue weighted by molar-refractivity contribution is 6.08. The van der Waals surface area contributed by atoms with Gasteiger partial charge in [-0.1, -0.05) is 66.7 Å². The number of rotatable bonds is 3. The molecule has 0 saturated carbocycles. The second kappa shape index (κ2) is 6.50. The molecule has 4 heteroatoms. The first-order valence-electron chi connectivity index (χ1n) is 8.80. The topological polar surface area (TPSA) is 43.1 Å². The van der Waals surface area contributed by atoms with Crippen LogP contribution in [0.1, 0.15) is 5.56 Å². The number of hydrogen-bond donors (Lipinski definition) is 0. The standard InChI is InChI=1S/C23H16N4/c1-2-8-18(9-3-1)23-24-14-17(15-25-23)16-26-27-21-12-6-4-10-19(21)20-11-5-7-13-22(20)27/h1-16H. The Kier molecular flexibility index (Phi) is 3.72. The van der Waals surface area contributed by atoms with Crippen LogP contribution in [0.15, 0.2) is 96.4 Å². The van der Waals surface area contributed by atoms with Crippen LogP contribution in [0.2, 0.25) is 0 Å². The smallest absolute Gasteiger partial charge is 0.159 e. The summed E-state index contributed by atoms with van der Waals surface area (Å²) in [7, 11) is 0. The van der Waals surface area contributed by atoms with Crippen molar-refractivity contribution in [3.05, 3.63) is 96.8 Å². The largest absolute Gasteiger partial charge is 0.236 e. The molecular formula is C23H16N4. The van der Waals surface area contributed by atoms with Gasteiger partial charge in [0, 0.05) is 34.3 Å². The van der Waals surface area contributed by atoms with Gasteiger partial charge in [-0.15, -0.1) is 0 Å². The maximum absolute atomic E-state index is 4.71. The fraction of sp³-hybridized carbons (Fsp3) is 0. The number of aromatic nitrogens is 3. The van der Waals surface area contributed by atoms with Gasteiger partial charge in [-0.05, 0) is 12.1 Å². The van der Waals surface area contributed by atoms with E-state index in [4.69, 9.17) is 5.10 Å². The quantitative estimate of drug-likeness (QED) is 0.424. The Bertz CT molecular complexity index is 1200. The second-order valence-electron chi connectivity index (χ2n) is 6.30. The first-order chi connectivity index (χ1) is 13.4. The third kappa shape index (κ3) is 2.77. The zero-order chi connectivity index (χ0) is 18.1. The maximum atomic E-state index is 4.71. The molecule has 0 unspecified atom stereocenters. The molecule has 2 aromatic heterocycles.